The Balaban J connectivity index is 1.56. The Morgan fingerprint density at radius 3 is 2.61 bits per heavy atom. The lowest BCUT2D eigenvalue weighted by Gasteiger charge is -2.18. The summed E-state index contributed by atoms with van der Waals surface area (Å²) in [5.74, 6) is -1.04. The highest BCUT2D eigenvalue weighted by molar-refractivity contribution is 7.07. The van der Waals surface area contributed by atoms with Gasteiger partial charge in [-0.2, -0.15) is 5.10 Å². The topological polar surface area (TPSA) is 122 Å². The Kier molecular flexibility index (Phi) is 7.18. The van der Waals surface area contributed by atoms with E-state index >= 15 is 0 Å². The molecule has 1 aromatic carbocycles. The molecule has 1 atom stereocenters. The van der Waals surface area contributed by atoms with Crippen molar-refractivity contribution in [3.63, 3.8) is 0 Å². The molecule has 0 fully saturated rings. The average molecular weight is 463 g/mol. The molecule has 0 saturated heterocycles. The molecule has 0 aliphatic heterocycles. The summed E-state index contributed by atoms with van der Waals surface area (Å²) >= 11 is 1.49. The molecule has 33 heavy (non-hydrogen) atoms. The number of benzene rings is 1. The number of carboxylic acid groups (broad SMARTS) is 1. The molecule has 0 bridgehead atoms. The van der Waals surface area contributed by atoms with Crippen LogP contribution in [0.1, 0.15) is 11.3 Å². The van der Waals surface area contributed by atoms with Crippen molar-refractivity contribution in [3.8, 4) is 11.3 Å². The van der Waals surface area contributed by atoms with E-state index in [4.69, 9.17) is 0 Å². The van der Waals surface area contributed by atoms with E-state index in [-0.39, 0.29) is 12.5 Å². The number of carboxylic acids is 1. The van der Waals surface area contributed by atoms with Gasteiger partial charge in [0, 0.05) is 35.9 Å². The molecule has 4 aromatic rings. The average Bonchev–Trinajstić information content (AvgIpc) is 3.48. The number of nitrogens with zero attached hydrogens (tertiary/aromatic N) is 4. The van der Waals surface area contributed by atoms with Gasteiger partial charge < -0.3 is 10.4 Å². The zero-order valence-electron chi connectivity index (χ0n) is 17.6. The summed E-state index contributed by atoms with van der Waals surface area (Å²) in [6, 6.07) is 14.3. The number of anilines is 1. The molecule has 4 rings (SSSR count). The molecule has 168 valence electrons. The van der Waals surface area contributed by atoms with Gasteiger partial charge in [-0.15, -0.1) is 11.3 Å². The molecule has 3 N–H and O–H groups in total. The number of carbonyl (C=O) groups is 2. The lowest BCUT2D eigenvalue weighted by molar-refractivity contribution is -0.137. The van der Waals surface area contributed by atoms with Crippen LogP contribution in [-0.4, -0.2) is 42.8 Å². The number of hydrogen-bond acceptors (Lipinski definition) is 7. The van der Waals surface area contributed by atoms with Gasteiger partial charge in [0.2, 0.25) is 5.91 Å². The van der Waals surface area contributed by atoms with Crippen LogP contribution in [0.4, 0.5) is 5.82 Å². The van der Waals surface area contributed by atoms with Crippen LogP contribution in [0.5, 0.6) is 0 Å². The highest BCUT2D eigenvalue weighted by atomic mass is 32.1. The van der Waals surface area contributed by atoms with E-state index in [2.05, 4.69) is 25.7 Å². The number of aromatic nitrogens is 4. The Hall–Kier alpha value is -3.89. The van der Waals surface area contributed by atoms with Crippen LogP contribution in [0.2, 0.25) is 0 Å². The largest absolute Gasteiger partial charge is 0.480 e. The number of pyridine rings is 1. The SMILES string of the molecule is O=C(O)Cn1nc(-c2ccncc2)cc1NC(=O)[C@H](Cc1ccccc1)NCc1cscn1. The van der Waals surface area contributed by atoms with Crippen molar-refractivity contribution in [2.24, 2.45) is 0 Å². The summed E-state index contributed by atoms with van der Waals surface area (Å²) in [7, 11) is 0. The van der Waals surface area contributed by atoms with E-state index in [1.165, 1.54) is 16.0 Å². The molecule has 0 unspecified atom stereocenters. The van der Waals surface area contributed by atoms with Gasteiger partial charge in [0.05, 0.1) is 22.9 Å². The molecule has 9 nitrogen and oxygen atoms in total. The van der Waals surface area contributed by atoms with E-state index in [0.717, 1.165) is 16.8 Å². The first-order chi connectivity index (χ1) is 16.1. The van der Waals surface area contributed by atoms with Crippen molar-refractivity contribution in [2.75, 3.05) is 5.32 Å². The number of hydrogen-bond donors (Lipinski definition) is 3. The first kappa shape index (κ1) is 22.3. The zero-order chi connectivity index (χ0) is 23.0. The van der Waals surface area contributed by atoms with Crippen molar-refractivity contribution in [1.29, 1.82) is 0 Å². The van der Waals surface area contributed by atoms with Gasteiger partial charge in [-0.05, 0) is 24.1 Å². The first-order valence-electron chi connectivity index (χ1n) is 10.2. The summed E-state index contributed by atoms with van der Waals surface area (Å²) in [6.07, 6.45) is 3.71. The molecular formula is C23H22N6O3S. The number of carbonyl (C=O) groups excluding carboxylic acids is 1. The minimum absolute atomic E-state index is 0.290. The Labute approximate surface area is 194 Å². The van der Waals surface area contributed by atoms with Gasteiger partial charge in [-0.1, -0.05) is 30.3 Å². The maximum Gasteiger partial charge on any atom is 0.325 e. The minimum atomic E-state index is -1.06. The lowest BCUT2D eigenvalue weighted by Crippen LogP contribution is -2.42. The van der Waals surface area contributed by atoms with Crippen molar-refractivity contribution < 1.29 is 14.7 Å². The molecular weight excluding hydrogens is 440 g/mol. The van der Waals surface area contributed by atoms with E-state index < -0.39 is 12.0 Å². The number of rotatable bonds is 10. The van der Waals surface area contributed by atoms with E-state index in [9.17, 15) is 14.7 Å². The third-order valence-corrected chi connectivity index (χ3v) is 5.54. The smallest absolute Gasteiger partial charge is 0.325 e. The van der Waals surface area contributed by atoms with E-state index in [0.29, 0.717) is 24.5 Å². The van der Waals surface area contributed by atoms with Crippen LogP contribution in [0, 0.1) is 0 Å². The molecule has 1 amide bonds. The number of thiazole rings is 1. The van der Waals surface area contributed by atoms with Gasteiger partial charge in [0.25, 0.3) is 0 Å². The van der Waals surface area contributed by atoms with Gasteiger partial charge in [0.1, 0.15) is 12.4 Å². The maximum atomic E-state index is 13.3. The molecule has 3 aromatic heterocycles. The molecule has 0 radical (unpaired) electrons. The van der Waals surface area contributed by atoms with Crippen LogP contribution in [0.15, 0.2) is 71.8 Å². The van der Waals surface area contributed by atoms with Crippen LogP contribution in [0.25, 0.3) is 11.3 Å². The molecule has 0 spiro atoms. The second kappa shape index (κ2) is 10.6. The third kappa shape index (κ3) is 6.09. The highest BCUT2D eigenvalue weighted by Crippen LogP contribution is 2.22. The molecule has 0 saturated carbocycles. The number of nitrogens with one attached hydrogen (secondary N) is 2. The van der Waals surface area contributed by atoms with Gasteiger partial charge in [0.15, 0.2) is 0 Å². The van der Waals surface area contributed by atoms with Crippen LogP contribution >= 0.6 is 11.3 Å². The van der Waals surface area contributed by atoms with Gasteiger partial charge in [-0.25, -0.2) is 9.67 Å². The summed E-state index contributed by atoms with van der Waals surface area (Å²) in [5, 5.41) is 21.7. The first-order valence-corrected chi connectivity index (χ1v) is 11.2. The van der Waals surface area contributed by atoms with Crippen molar-refractivity contribution in [2.45, 2.75) is 25.6 Å². The summed E-state index contributed by atoms with van der Waals surface area (Å²) < 4.78 is 1.27. The van der Waals surface area contributed by atoms with E-state index in [1.54, 1.807) is 36.1 Å². The minimum Gasteiger partial charge on any atom is -0.480 e. The summed E-state index contributed by atoms with van der Waals surface area (Å²) in [6.45, 7) is 0.0569. The summed E-state index contributed by atoms with van der Waals surface area (Å²) in [4.78, 5) is 32.9. The maximum absolute atomic E-state index is 13.3. The van der Waals surface area contributed by atoms with Crippen molar-refractivity contribution >= 4 is 29.0 Å². The fourth-order valence-electron chi connectivity index (χ4n) is 3.30. The molecule has 0 aliphatic rings. The standard InChI is InChI=1S/C23H22N6O3S/c30-22(31)13-29-21(11-19(28-29)17-6-8-24-9-7-17)27-23(32)20(10-16-4-2-1-3-5-16)25-12-18-14-33-15-26-18/h1-9,11,14-15,20,25H,10,12-13H2,(H,27,32)(H,30,31)/t20-/m0/s1. The summed E-state index contributed by atoms with van der Waals surface area (Å²) in [5.41, 5.74) is 4.91. The third-order valence-electron chi connectivity index (χ3n) is 4.90. The second-order valence-corrected chi connectivity index (χ2v) is 8.01. The highest BCUT2D eigenvalue weighted by Gasteiger charge is 2.22. The normalized spacial score (nSPS) is 11.8. The monoisotopic (exact) mass is 462 g/mol. The Morgan fingerprint density at radius 1 is 1.12 bits per heavy atom. The molecule has 0 aliphatic carbocycles. The predicted octanol–water partition coefficient (Wildman–Crippen LogP) is 2.83. The second-order valence-electron chi connectivity index (χ2n) is 7.29. The van der Waals surface area contributed by atoms with Crippen molar-refractivity contribution in [1.82, 2.24) is 25.1 Å². The van der Waals surface area contributed by atoms with E-state index in [1.807, 2.05) is 35.7 Å². The Bertz CT molecular complexity index is 1200. The molecule has 3 heterocycles. The predicted molar refractivity (Wildman–Crippen MR) is 125 cm³/mol. The van der Waals surface area contributed by atoms with Crippen molar-refractivity contribution in [3.05, 3.63) is 83.1 Å². The lowest BCUT2D eigenvalue weighted by atomic mass is 10.1. The van der Waals surface area contributed by atoms with Crippen LogP contribution < -0.4 is 10.6 Å². The quantitative estimate of drug-likeness (QED) is 0.331. The fraction of sp³-hybridized carbons (Fsp3) is 0.174. The van der Waals surface area contributed by atoms with Crippen LogP contribution in [0.3, 0.4) is 0 Å². The number of amides is 1. The van der Waals surface area contributed by atoms with Gasteiger partial charge >= 0.3 is 5.97 Å². The molecule has 10 heteroatoms. The number of aliphatic carboxylic acids is 1. The van der Waals surface area contributed by atoms with Gasteiger partial charge in [-0.3, -0.25) is 19.9 Å². The Morgan fingerprint density at radius 2 is 1.91 bits per heavy atom. The van der Waals surface area contributed by atoms with Crippen LogP contribution in [-0.2, 0) is 29.1 Å². The zero-order valence-corrected chi connectivity index (χ0v) is 18.4. The fourth-order valence-corrected chi connectivity index (χ4v) is 3.86.